The number of rotatable bonds is 2. The molecular formula is C12H11NO4S. The molecular weight excluding hydrogens is 254 g/mol. The Morgan fingerprint density at radius 2 is 2.00 bits per heavy atom. The molecule has 0 fully saturated rings. The van der Waals surface area contributed by atoms with Gasteiger partial charge in [0.15, 0.2) is 11.1 Å². The summed E-state index contributed by atoms with van der Waals surface area (Å²) >= 11 is -2.14. The quantitative estimate of drug-likeness (QED) is 0.725. The number of fused-ring (bicyclic) bond motifs is 1. The number of hydrogen-bond acceptors (Lipinski definition) is 3. The largest absolute Gasteiger partial charge is 0.507 e. The highest BCUT2D eigenvalue weighted by Crippen LogP contribution is 2.30. The SMILES string of the molecule is CC(=O)Nc1ccc2cc(S(=O)O)cc(O)c2c1. The summed E-state index contributed by atoms with van der Waals surface area (Å²) in [5.74, 6) is -0.306. The topological polar surface area (TPSA) is 86.6 Å². The van der Waals surface area contributed by atoms with E-state index in [9.17, 15) is 14.1 Å². The fourth-order valence-corrected chi connectivity index (χ4v) is 2.13. The molecule has 0 heterocycles. The number of carbonyl (C=O) groups excluding carboxylic acids is 1. The fraction of sp³-hybridized carbons (Fsp3) is 0.0833. The van der Waals surface area contributed by atoms with E-state index in [4.69, 9.17) is 4.55 Å². The average Bonchev–Trinajstić information content (AvgIpc) is 2.28. The number of carbonyl (C=O) groups is 1. The highest BCUT2D eigenvalue weighted by molar-refractivity contribution is 7.79. The average molecular weight is 265 g/mol. The predicted molar refractivity (Wildman–Crippen MR) is 69.0 cm³/mol. The molecule has 6 heteroatoms. The van der Waals surface area contributed by atoms with Gasteiger partial charge >= 0.3 is 0 Å². The van der Waals surface area contributed by atoms with Gasteiger partial charge < -0.3 is 15.0 Å². The first-order chi connectivity index (χ1) is 8.47. The summed E-state index contributed by atoms with van der Waals surface area (Å²) in [7, 11) is 0. The third-order valence-electron chi connectivity index (χ3n) is 2.43. The molecule has 2 rings (SSSR count). The van der Waals surface area contributed by atoms with Crippen LogP contribution in [-0.4, -0.2) is 19.8 Å². The first kappa shape index (κ1) is 12.5. The van der Waals surface area contributed by atoms with Crippen LogP contribution in [-0.2, 0) is 15.9 Å². The van der Waals surface area contributed by atoms with Gasteiger partial charge in [-0.3, -0.25) is 4.79 Å². The fourth-order valence-electron chi connectivity index (χ4n) is 1.69. The summed E-state index contributed by atoms with van der Waals surface area (Å²) in [6, 6.07) is 7.68. The standard InChI is InChI=1S/C12H11NO4S/c1-7(14)13-9-3-2-8-4-10(18(16)17)6-12(15)11(8)5-9/h2-6,15H,1H3,(H,13,14)(H,16,17). The van der Waals surface area contributed by atoms with Gasteiger partial charge in [0.25, 0.3) is 0 Å². The summed E-state index contributed by atoms with van der Waals surface area (Å²) in [6.07, 6.45) is 0. The Morgan fingerprint density at radius 1 is 1.28 bits per heavy atom. The molecule has 2 aromatic rings. The number of phenolic OH excluding ortho intramolecular Hbond substituents is 1. The molecule has 0 aromatic heterocycles. The number of hydrogen-bond donors (Lipinski definition) is 3. The highest BCUT2D eigenvalue weighted by atomic mass is 32.2. The van der Waals surface area contributed by atoms with Crippen LogP contribution in [0.25, 0.3) is 10.8 Å². The maximum Gasteiger partial charge on any atom is 0.221 e. The van der Waals surface area contributed by atoms with E-state index < -0.39 is 11.1 Å². The summed E-state index contributed by atoms with van der Waals surface area (Å²) < 4.78 is 19.9. The first-order valence-electron chi connectivity index (χ1n) is 5.12. The van der Waals surface area contributed by atoms with Crippen molar-refractivity contribution >= 4 is 33.4 Å². The molecule has 3 N–H and O–H groups in total. The minimum Gasteiger partial charge on any atom is -0.507 e. The molecule has 2 aromatic carbocycles. The second-order valence-corrected chi connectivity index (χ2v) is 4.78. The maximum absolute atomic E-state index is 11.0. The maximum atomic E-state index is 11.0. The van der Waals surface area contributed by atoms with Crippen LogP contribution in [0, 0.1) is 0 Å². The lowest BCUT2D eigenvalue weighted by atomic mass is 10.1. The monoisotopic (exact) mass is 265 g/mol. The normalized spacial score (nSPS) is 12.3. The van der Waals surface area contributed by atoms with Crippen molar-refractivity contribution < 1.29 is 18.7 Å². The van der Waals surface area contributed by atoms with Gasteiger partial charge in [-0.2, -0.15) is 0 Å². The van der Waals surface area contributed by atoms with Crippen LogP contribution in [0.3, 0.4) is 0 Å². The predicted octanol–water partition coefficient (Wildman–Crippen LogP) is 2.08. The van der Waals surface area contributed by atoms with E-state index in [0.717, 1.165) is 0 Å². The number of anilines is 1. The third kappa shape index (κ3) is 2.49. The van der Waals surface area contributed by atoms with E-state index in [0.29, 0.717) is 16.5 Å². The molecule has 0 bridgehead atoms. The third-order valence-corrected chi connectivity index (χ3v) is 3.07. The van der Waals surface area contributed by atoms with Gasteiger partial charge in [-0.1, -0.05) is 6.07 Å². The Hall–Kier alpha value is -1.92. The second kappa shape index (κ2) is 4.75. The molecule has 0 radical (unpaired) electrons. The number of benzene rings is 2. The zero-order valence-corrected chi connectivity index (χ0v) is 10.3. The van der Waals surface area contributed by atoms with Crippen LogP contribution in [0.2, 0.25) is 0 Å². The van der Waals surface area contributed by atoms with Crippen molar-refractivity contribution in [2.75, 3.05) is 5.32 Å². The van der Waals surface area contributed by atoms with Gasteiger partial charge in [-0.05, 0) is 29.7 Å². The molecule has 94 valence electrons. The summed E-state index contributed by atoms with van der Waals surface area (Å²) in [4.78, 5) is 11.1. The Kier molecular flexibility index (Phi) is 3.31. The molecule has 18 heavy (non-hydrogen) atoms. The molecule has 0 aliphatic rings. The molecule has 1 atom stereocenters. The van der Waals surface area contributed by atoms with Gasteiger partial charge in [0, 0.05) is 18.0 Å². The van der Waals surface area contributed by atoms with Crippen LogP contribution in [0.15, 0.2) is 35.2 Å². The van der Waals surface area contributed by atoms with Gasteiger partial charge in [0.1, 0.15) is 5.75 Å². The van der Waals surface area contributed by atoms with Crippen molar-refractivity contribution in [3.63, 3.8) is 0 Å². The van der Waals surface area contributed by atoms with Crippen LogP contribution in [0.5, 0.6) is 5.75 Å². The zero-order valence-electron chi connectivity index (χ0n) is 9.51. The van der Waals surface area contributed by atoms with Crippen molar-refractivity contribution in [2.24, 2.45) is 0 Å². The minimum atomic E-state index is -2.14. The number of aromatic hydroxyl groups is 1. The Bertz CT molecular complexity index is 654. The van der Waals surface area contributed by atoms with Gasteiger partial charge in [-0.25, -0.2) is 4.21 Å². The Morgan fingerprint density at radius 3 is 2.61 bits per heavy atom. The van der Waals surface area contributed by atoms with Gasteiger partial charge in [-0.15, -0.1) is 0 Å². The van der Waals surface area contributed by atoms with E-state index in [1.165, 1.54) is 19.1 Å². The van der Waals surface area contributed by atoms with Crippen molar-refractivity contribution in [1.29, 1.82) is 0 Å². The lowest BCUT2D eigenvalue weighted by Crippen LogP contribution is -2.05. The minimum absolute atomic E-state index is 0.0999. The van der Waals surface area contributed by atoms with Gasteiger partial charge in [0.05, 0.1) is 4.90 Å². The molecule has 5 nitrogen and oxygen atoms in total. The molecule has 0 aliphatic carbocycles. The van der Waals surface area contributed by atoms with Gasteiger partial charge in [0.2, 0.25) is 5.91 Å². The van der Waals surface area contributed by atoms with E-state index in [1.807, 2.05) is 0 Å². The van der Waals surface area contributed by atoms with Crippen LogP contribution >= 0.6 is 0 Å². The number of amides is 1. The number of nitrogens with one attached hydrogen (secondary N) is 1. The lowest BCUT2D eigenvalue weighted by molar-refractivity contribution is -0.114. The first-order valence-corrected chi connectivity index (χ1v) is 6.23. The smallest absolute Gasteiger partial charge is 0.221 e. The van der Waals surface area contributed by atoms with Crippen molar-refractivity contribution in [3.05, 3.63) is 30.3 Å². The van der Waals surface area contributed by atoms with Crippen molar-refractivity contribution in [3.8, 4) is 5.75 Å². The highest BCUT2D eigenvalue weighted by Gasteiger charge is 2.08. The zero-order chi connectivity index (χ0) is 13.3. The molecule has 0 saturated heterocycles. The van der Waals surface area contributed by atoms with E-state index in [-0.39, 0.29) is 16.6 Å². The lowest BCUT2D eigenvalue weighted by Gasteiger charge is -2.07. The molecule has 0 aliphatic heterocycles. The van der Waals surface area contributed by atoms with Crippen LogP contribution < -0.4 is 5.32 Å². The second-order valence-electron chi connectivity index (χ2n) is 3.81. The molecule has 0 saturated carbocycles. The van der Waals surface area contributed by atoms with Crippen molar-refractivity contribution in [2.45, 2.75) is 11.8 Å². The van der Waals surface area contributed by atoms with Crippen LogP contribution in [0.4, 0.5) is 5.69 Å². The summed E-state index contributed by atoms with van der Waals surface area (Å²) in [5, 5.41) is 13.5. The molecule has 1 amide bonds. The number of phenols is 1. The summed E-state index contributed by atoms with van der Waals surface area (Å²) in [6.45, 7) is 1.39. The van der Waals surface area contributed by atoms with Crippen LogP contribution in [0.1, 0.15) is 6.92 Å². The Labute approximate surface area is 106 Å². The summed E-state index contributed by atoms with van der Waals surface area (Å²) in [5.41, 5.74) is 0.558. The van der Waals surface area contributed by atoms with E-state index >= 15 is 0 Å². The van der Waals surface area contributed by atoms with E-state index in [2.05, 4.69) is 5.32 Å². The Balaban J connectivity index is 2.57. The molecule has 1 unspecified atom stereocenters. The van der Waals surface area contributed by atoms with Crippen molar-refractivity contribution in [1.82, 2.24) is 0 Å². The molecule has 0 spiro atoms. The van der Waals surface area contributed by atoms with E-state index in [1.54, 1.807) is 18.2 Å².